The fourth-order valence-electron chi connectivity index (χ4n) is 3.54. The Morgan fingerprint density at radius 3 is 2.55 bits per heavy atom. The monoisotopic (exact) mass is 434 g/mol. The Balaban J connectivity index is 1.75. The number of nitrogens with zero attached hydrogens (tertiary/aromatic N) is 3. The lowest BCUT2D eigenvalue weighted by molar-refractivity contribution is -0.137. The predicted octanol–water partition coefficient (Wildman–Crippen LogP) is 4.68. The first-order chi connectivity index (χ1) is 14.9. The van der Waals surface area contributed by atoms with Gasteiger partial charge in [0, 0.05) is 41.8 Å². The molecule has 0 saturated carbocycles. The van der Waals surface area contributed by atoms with E-state index in [1.807, 2.05) is 54.1 Å². The van der Waals surface area contributed by atoms with E-state index in [1.165, 1.54) is 6.92 Å². The molecule has 3 heterocycles. The summed E-state index contributed by atoms with van der Waals surface area (Å²) in [5.41, 5.74) is 4.56. The highest BCUT2D eigenvalue weighted by Gasteiger charge is 2.16. The van der Waals surface area contributed by atoms with Gasteiger partial charge in [-0.15, -0.1) is 11.3 Å². The number of aryl methyl sites for hydroxylation is 2. The minimum Gasteiger partial charge on any atom is -0.481 e. The third-order valence-corrected chi connectivity index (χ3v) is 5.88. The van der Waals surface area contributed by atoms with Crippen LogP contribution in [-0.2, 0) is 16.0 Å². The predicted molar refractivity (Wildman–Crippen MR) is 121 cm³/mol. The lowest BCUT2D eigenvalue weighted by Crippen LogP contribution is -2.07. The van der Waals surface area contributed by atoms with E-state index < -0.39 is 5.97 Å². The van der Waals surface area contributed by atoms with Crippen LogP contribution in [0.4, 0.5) is 5.69 Å². The van der Waals surface area contributed by atoms with Crippen molar-refractivity contribution < 1.29 is 14.7 Å². The van der Waals surface area contributed by atoms with Crippen molar-refractivity contribution in [2.24, 2.45) is 0 Å². The number of nitrogens with one attached hydrogen (secondary N) is 1. The number of benzene rings is 1. The van der Waals surface area contributed by atoms with Gasteiger partial charge >= 0.3 is 5.97 Å². The number of carbonyl (C=O) groups excluding carboxylic acids is 1. The molecule has 0 radical (unpaired) electrons. The molecular formula is C23H22N4O3S. The molecule has 4 aromatic rings. The number of thiophene rings is 1. The smallest absolute Gasteiger partial charge is 0.303 e. The van der Waals surface area contributed by atoms with E-state index in [1.54, 1.807) is 17.5 Å². The Bertz CT molecular complexity index is 1230. The maximum atomic E-state index is 11.3. The molecule has 158 valence electrons. The van der Waals surface area contributed by atoms with Gasteiger partial charge in [0.1, 0.15) is 5.82 Å². The molecular weight excluding hydrogens is 412 g/mol. The highest BCUT2D eigenvalue weighted by Crippen LogP contribution is 2.33. The normalized spacial score (nSPS) is 10.9. The van der Waals surface area contributed by atoms with Gasteiger partial charge in [0.15, 0.2) is 0 Å². The van der Waals surface area contributed by atoms with Crippen LogP contribution in [0.25, 0.3) is 21.9 Å². The van der Waals surface area contributed by atoms with Crippen LogP contribution < -0.4 is 5.32 Å². The van der Waals surface area contributed by atoms with Gasteiger partial charge in [-0.3, -0.25) is 9.59 Å². The summed E-state index contributed by atoms with van der Waals surface area (Å²) in [4.78, 5) is 27.8. The number of carboxylic acid groups (broad SMARTS) is 1. The highest BCUT2D eigenvalue weighted by molar-refractivity contribution is 7.13. The minimum atomic E-state index is -0.829. The quantitative estimate of drug-likeness (QED) is 0.442. The fraction of sp³-hybridized carbons (Fsp3) is 0.174. The van der Waals surface area contributed by atoms with Crippen molar-refractivity contribution in [3.05, 3.63) is 71.8 Å². The van der Waals surface area contributed by atoms with Crippen LogP contribution in [0.1, 0.15) is 24.9 Å². The lowest BCUT2D eigenvalue weighted by Gasteiger charge is -2.14. The van der Waals surface area contributed by atoms with E-state index in [-0.39, 0.29) is 12.3 Å². The Morgan fingerprint density at radius 1 is 1.13 bits per heavy atom. The second kappa shape index (κ2) is 8.61. The molecule has 0 aliphatic heterocycles. The molecule has 0 spiro atoms. The number of hydrogen-bond donors (Lipinski definition) is 2. The van der Waals surface area contributed by atoms with Gasteiger partial charge < -0.3 is 19.6 Å². The Morgan fingerprint density at radius 2 is 1.90 bits per heavy atom. The van der Waals surface area contributed by atoms with Gasteiger partial charge in [-0.2, -0.15) is 0 Å². The second-order valence-electron chi connectivity index (χ2n) is 7.18. The molecule has 2 N–H and O–H groups in total. The lowest BCUT2D eigenvalue weighted by atomic mass is 10.2. The van der Waals surface area contributed by atoms with Crippen LogP contribution in [0.2, 0.25) is 0 Å². The SMILES string of the molecule is CC(=O)Nc1ccc(-n2c(CCC(=O)O)ccc2-c2cc(-n3ccnc3C)cs2)cc1. The second-order valence-corrected chi connectivity index (χ2v) is 8.09. The summed E-state index contributed by atoms with van der Waals surface area (Å²) >= 11 is 1.62. The number of carbonyl (C=O) groups is 2. The molecule has 1 amide bonds. The van der Waals surface area contributed by atoms with E-state index in [4.69, 9.17) is 5.11 Å². The van der Waals surface area contributed by atoms with Gasteiger partial charge in [0.25, 0.3) is 0 Å². The summed E-state index contributed by atoms with van der Waals surface area (Å²) in [7, 11) is 0. The zero-order valence-electron chi connectivity index (χ0n) is 17.2. The Labute approximate surface area is 183 Å². The number of hydrogen-bond acceptors (Lipinski definition) is 4. The first kappa shape index (κ1) is 20.6. The van der Waals surface area contributed by atoms with Crippen molar-refractivity contribution in [2.75, 3.05) is 5.32 Å². The summed E-state index contributed by atoms with van der Waals surface area (Å²) in [6.07, 6.45) is 4.17. The van der Waals surface area contributed by atoms with Crippen LogP contribution in [-0.4, -0.2) is 31.1 Å². The average molecular weight is 435 g/mol. The Hall–Kier alpha value is -3.65. The third kappa shape index (κ3) is 4.44. The molecule has 0 atom stereocenters. The number of rotatable bonds is 7. The van der Waals surface area contributed by atoms with Crippen LogP contribution in [0.3, 0.4) is 0 Å². The van der Waals surface area contributed by atoms with Crippen molar-refractivity contribution >= 4 is 28.9 Å². The van der Waals surface area contributed by atoms with Crippen molar-refractivity contribution in [1.29, 1.82) is 0 Å². The van der Waals surface area contributed by atoms with Crippen LogP contribution in [0.15, 0.2) is 60.2 Å². The van der Waals surface area contributed by atoms with Gasteiger partial charge in [0.05, 0.1) is 22.7 Å². The average Bonchev–Trinajstić information content (AvgIpc) is 3.45. The number of aromatic nitrogens is 3. The van der Waals surface area contributed by atoms with Gasteiger partial charge in [0.2, 0.25) is 5.91 Å². The summed E-state index contributed by atoms with van der Waals surface area (Å²) in [5.74, 6) is -0.0443. The van der Waals surface area contributed by atoms with E-state index >= 15 is 0 Å². The third-order valence-electron chi connectivity index (χ3n) is 4.94. The maximum absolute atomic E-state index is 11.3. The van der Waals surface area contributed by atoms with Gasteiger partial charge in [-0.25, -0.2) is 4.98 Å². The number of aliphatic carboxylic acids is 1. The molecule has 1 aromatic carbocycles. The highest BCUT2D eigenvalue weighted by atomic mass is 32.1. The van der Waals surface area contributed by atoms with E-state index in [0.29, 0.717) is 12.1 Å². The summed E-state index contributed by atoms with van der Waals surface area (Å²) in [6.45, 7) is 3.43. The van der Waals surface area contributed by atoms with Crippen molar-refractivity contribution in [3.8, 4) is 21.9 Å². The number of imidazole rings is 1. The molecule has 0 fully saturated rings. The standard InChI is InChI=1S/C23H22N4O3S/c1-15-24-11-12-26(15)20-13-22(31-14-20)21-9-7-19(8-10-23(29)30)27(21)18-5-3-17(4-6-18)25-16(2)28/h3-7,9,11-14H,8,10H2,1-2H3,(H,25,28)(H,29,30). The maximum Gasteiger partial charge on any atom is 0.303 e. The minimum absolute atomic E-state index is 0.0529. The molecule has 31 heavy (non-hydrogen) atoms. The molecule has 4 rings (SSSR count). The van der Waals surface area contributed by atoms with Crippen LogP contribution in [0, 0.1) is 6.92 Å². The molecule has 8 heteroatoms. The number of anilines is 1. The molecule has 7 nitrogen and oxygen atoms in total. The molecule has 0 saturated heterocycles. The zero-order valence-corrected chi connectivity index (χ0v) is 18.0. The molecule has 0 aliphatic carbocycles. The topological polar surface area (TPSA) is 89.1 Å². The molecule has 0 bridgehead atoms. The Kier molecular flexibility index (Phi) is 5.73. The molecule has 3 aromatic heterocycles. The van der Waals surface area contributed by atoms with Crippen molar-refractivity contribution in [2.45, 2.75) is 26.7 Å². The molecule has 0 aliphatic rings. The van der Waals surface area contributed by atoms with E-state index in [9.17, 15) is 9.59 Å². The van der Waals surface area contributed by atoms with Gasteiger partial charge in [-0.1, -0.05) is 0 Å². The van der Waals surface area contributed by atoms with Gasteiger partial charge in [-0.05, 0) is 55.8 Å². The van der Waals surface area contributed by atoms with Crippen molar-refractivity contribution in [3.63, 3.8) is 0 Å². The zero-order chi connectivity index (χ0) is 22.0. The summed E-state index contributed by atoms with van der Waals surface area (Å²) in [6, 6.07) is 13.6. The summed E-state index contributed by atoms with van der Waals surface area (Å²) in [5, 5.41) is 14.0. The summed E-state index contributed by atoms with van der Waals surface area (Å²) < 4.78 is 4.11. The largest absolute Gasteiger partial charge is 0.481 e. The number of amides is 1. The van der Waals surface area contributed by atoms with E-state index in [0.717, 1.165) is 33.5 Å². The van der Waals surface area contributed by atoms with Crippen LogP contribution in [0.5, 0.6) is 0 Å². The van der Waals surface area contributed by atoms with Crippen molar-refractivity contribution in [1.82, 2.24) is 14.1 Å². The first-order valence-electron chi connectivity index (χ1n) is 9.82. The first-order valence-corrected chi connectivity index (χ1v) is 10.7. The van der Waals surface area contributed by atoms with E-state index in [2.05, 4.69) is 26.3 Å². The molecule has 0 unspecified atom stereocenters. The fourth-order valence-corrected chi connectivity index (χ4v) is 4.44. The number of carboxylic acids is 1. The van der Waals surface area contributed by atoms with Crippen LogP contribution >= 0.6 is 11.3 Å².